The van der Waals surface area contributed by atoms with Gasteiger partial charge in [0.25, 0.3) is 5.91 Å². The Kier molecular flexibility index (Phi) is 8.63. The number of benzene rings is 1. The first-order valence-corrected chi connectivity index (χ1v) is 17.4. The van der Waals surface area contributed by atoms with E-state index in [0.717, 1.165) is 43.6 Å². The lowest BCUT2D eigenvalue weighted by Crippen LogP contribution is -2.55. The van der Waals surface area contributed by atoms with Crippen molar-refractivity contribution >= 4 is 29.0 Å². The number of rotatable bonds is 8. The zero-order chi connectivity index (χ0) is 32.1. The molecule has 1 aromatic carbocycles. The summed E-state index contributed by atoms with van der Waals surface area (Å²) in [6.07, 6.45) is 9.20. The summed E-state index contributed by atoms with van der Waals surface area (Å²) in [7, 11) is 0. The van der Waals surface area contributed by atoms with Crippen molar-refractivity contribution in [1.82, 2.24) is 25.1 Å². The topological polar surface area (TPSA) is 84.9 Å². The summed E-state index contributed by atoms with van der Waals surface area (Å²) >= 11 is 0. The molecule has 5 aliphatic rings. The molecule has 3 aliphatic heterocycles. The number of halogens is 2. The van der Waals surface area contributed by atoms with Crippen LogP contribution in [0.2, 0.25) is 0 Å². The van der Waals surface area contributed by atoms with Crippen LogP contribution in [0.1, 0.15) is 76.1 Å². The predicted molar refractivity (Wildman–Crippen MR) is 173 cm³/mol. The first kappa shape index (κ1) is 31.3. The molecule has 4 fully saturated rings. The molecule has 1 N–H and O–H groups in total. The van der Waals surface area contributed by atoms with E-state index in [0.29, 0.717) is 49.9 Å². The molecule has 2 amide bonds. The van der Waals surface area contributed by atoms with Crippen molar-refractivity contribution in [2.75, 3.05) is 42.5 Å². The highest BCUT2D eigenvalue weighted by molar-refractivity contribution is 6.01. The normalized spacial score (nSPS) is 29.2. The summed E-state index contributed by atoms with van der Waals surface area (Å²) in [6.45, 7) is 8.91. The van der Waals surface area contributed by atoms with Crippen LogP contribution in [0.4, 0.5) is 26.0 Å². The Morgan fingerprint density at radius 1 is 1.09 bits per heavy atom. The third-order valence-corrected chi connectivity index (χ3v) is 11.2. The van der Waals surface area contributed by atoms with E-state index in [1.807, 2.05) is 30.6 Å². The Bertz CT molecular complexity index is 1450. The molecule has 7 rings (SSSR count). The number of likely N-dealkylation sites (tertiary alicyclic amines) is 1. The Morgan fingerprint density at radius 3 is 2.65 bits per heavy atom. The number of hydrogen-bond donors (Lipinski definition) is 1. The lowest BCUT2D eigenvalue weighted by atomic mass is 9.88. The number of fused-ring (bicyclic) bond motifs is 3. The lowest BCUT2D eigenvalue weighted by Gasteiger charge is -2.42. The molecule has 1 aromatic heterocycles. The van der Waals surface area contributed by atoms with Crippen LogP contribution in [-0.4, -0.2) is 94.6 Å². The van der Waals surface area contributed by atoms with Crippen molar-refractivity contribution in [2.24, 2.45) is 17.8 Å². The number of amides is 2. The van der Waals surface area contributed by atoms with E-state index < -0.39 is 18.0 Å². The highest BCUT2D eigenvalue weighted by Crippen LogP contribution is 2.48. The van der Waals surface area contributed by atoms with Crippen LogP contribution in [0.3, 0.4) is 0 Å². The van der Waals surface area contributed by atoms with Crippen molar-refractivity contribution in [3.8, 4) is 0 Å². The maximum Gasteiger partial charge on any atom is 0.256 e. The highest BCUT2D eigenvalue weighted by Gasteiger charge is 2.56. The molecule has 46 heavy (non-hydrogen) atoms. The number of alkyl halides is 1. The summed E-state index contributed by atoms with van der Waals surface area (Å²) < 4.78 is 30.0. The van der Waals surface area contributed by atoms with Gasteiger partial charge in [-0.1, -0.05) is 12.8 Å². The van der Waals surface area contributed by atoms with Crippen molar-refractivity contribution < 1.29 is 18.4 Å². The van der Waals surface area contributed by atoms with Gasteiger partial charge in [0, 0.05) is 62.7 Å². The first-order valence-electron chi connectivity index (χ1n) is 17.4. The van der Waals surface area contributed by atoms with Crippen molar-refractivity contribution in [3.05, 3.63) is 42.1 Å². The second-order valence-corrected chi connectivity index (χ2v) is 14.3. The zero-order valence-electron chi connectivity index (χ0n) is 27.2. The smallest absolute Gasteiger partial charge is 0.256 e. The van der Waals surface area contributed by atoms with Crippen LogP contribution < -0.4 is 15.1 Å². The lowest BCUT2D eigenvalue weighted by molar-refractivity contribution is -0.135. The molecule has 4 heterocycles. The number of carbonyl (C=O) groups excluding carboxylic acids is 2. The van der Waals surface area contributed by atoms with Gasteiger partial charge in [-0.05, 0) is 77.0 Å². The van der Waals surface area contributed by atoms with Gasteiger partial charge in [0.15, 0.2) is 5.82 Å². The SMILES string of the molecule is CCN(C(=O)c1cc(F)ccc1N1CCN([C@H]2CCCN(C(=O)[C@H]3NC4CC3[C@H](F)[C@@H]4CC3CC3)CC2)c2ncncc21)C(C)C. The molecule has 2 unspecified atom stereocenters. The van der Waals surface area contributed by atoms with E-state index in [2.05, 4.69) is 15.2 Å². The molecule has 2 saturated heterocycles. The summed E-state index contributed by atoms with van der Waals surface area (Å²) in [5, 5.41) is 3.55. The Hall–Kier alpha value is -3.34. The minimum absolute atomic E-state index is 0.0231. The van der Waals surface area contributed by atoms with Gasteiger partial charge in [0.05, 0.1) is 23.5 Å². The molecule has 2 saturated carbocycles. The van der Waals surface area contributed by atoms with Crippen molar-refractivity contribution in [2.45, 2.75) is 96.1 Å². The molecule has 2 aromatic rings. The third kappa shape index (κ3) is 5.73. The summed E-state index contributed by atoms with van der Waals surface area (Å²) in [4.78, 5) is 44.4. The molecule has 11 heteroatoms. The van der Waals surface area contributed by atoms with E-state index in [-0.39, 0.29) is 41.8 Å². The average molecular weight is 636 g/mol. The fourth-order valence-corrected chi connectivity index (χ4v) is 8.68. The fourth-order valence-electron chi connectivity index (χ4n) is 8.68. The van der Waals surface area contributed by atoms with Gasteiger partial charge < -0.3 is 24.9 Å². The molecule has 0 radical (unpaired) electrons. The van der Waals surface area contributed by atoms with Crippen LogP contribution in [0.25, 0.3) is 0 Å². The second kappa shape index (κ2) is 12.7. The number of piperidine rings is 1. The number of aromatic nitrogens is 2. The van der Waals surface area contributed by atoms with Crippen LogP contribution >= 0.6 is 0 Å². The molecule has 248 valence electrons. The average Bonchev–Trinajstić information content (AvgIpc) is 3.76. The highest BCUT2D eigenvalue weighted by atomic mass is 19.1. The Morgan fingerprint density at radius 2 is 1.91 bits per heavy atom. The van der Waals surface area contributed by atoms with Crippen LogP contribution in [0.15, 0.2) is 30.7 Å². The van der Waals surface area contributed by atoms with Crippen molar-refractivity contribution in [1.29, 1.82) is 0 Å². The second-order valence-electron chi connectivity index (χ2n) is 14.3. The minimum Gasteiger partial charge on any atom is -0.350 e. The fraction of sp³-hybridized carbons (Fsp3) is 0.657. The molecular formula is C35H47F2N7O2. The largest absolute Gasteiger partial charge is 0.350 e. The molecular weight excluding hydrogens is 588 g/mol. The number of nitrogens with one attached hydrogen (secondary N) is 1. The van der Waals surface area contributed by atoms with E-state index in [1.165, 1.54) is 25.0 Å². The Balaban J connectivity index is 1.06. The van der Waals surface area contributed by atoms with E-state index >= 15 is 4.39 Å². The predicted octanol–water partition coefficient (Wildman–Crippen LogP) is 4.94. The van der Waals surface area contributed by atoms with Crippen LogP contribution in [0, 0.1) is 23.6 Å². The van der Waals surface area contributed by atoms with Gasteiger partial charge in [0.1, 0.15) is 24.0 Å². The van der Waals surface area contributed by atoms with Crippen LogP contribution in [0.5, 0.6) is 0 Å². The van der Waals surface area contributed by atoms with Gasteiger partial charge in [-0.25, -0.2) is 18.7 Å². The molecule has 2 bridgehead atoms. The quantitative estimate of drug-likeness (QED) is 0.440. The summed E-state index contributed by atoms with van der Waals surface area (Å²) in [6, 6.07) is 4.28. The zero-order valence-corrected chi connectivity index (χ0v) is 27.2. The number of carbonyl (C=O) groups is 2. The van der Waals surface area contributed by atoms with Gasteiger partial charge >= 0.3 is 0 Å². The van der Waals surface area contributed by atoms with Crippen molar-refractivity contribution in [3.63, 3.8) is 0 Å². The molecule has 2 aliphatic carbocycles. The third-order valence-electron chi connectivity index (χ3n) is 11.2. The van der Waals surface area contributed by atoms with Crippen LogP contribution in [-0.2, 0) is 4.79 Å². The molecule has 0 spiro atoms. The maximum atomic E-state index is 15.4. The summed E-state index contributed by atoms with van der Waals surface area (Å²) in [5.74, 6) is 0.740. The monoisotopic (exact) mass is 635 g/mol. The first-order chi connectivity index (χ1) is 22.2. The minimum atomic E-state index is -0.875. The maximum absolute atomic E-state index is 15.4. The van der Waals surface area contributed by atoms with Gasteiger partial charge in [-0.2, -0.15) is 0 Å². The Labute approximate surface area is 270 Å². The number of hydrogen-bond acceptors (Lipinski definition) is 7. The molecule has 9 nitrogen and oxygen atoms in total. The number of nitrogens with zero attached hydrogens (tertiary/aromatic N) is 6. The molecule has 6 atom stereocenters. The van der Waals surface area contributed by atoms with Gasteiger partial charge in [-0.15, -0.1) is 0 Å². The summed E-state index contributed by atoms with van der Waals surface area (Å²) in [5.41, 5.74) is 1.74. The van der Waals surface area contributed by atoms with E-state index in [4.69, 9.17) is 4.98 Å². The van der Waals surface area contributed by atoms with E-state index in [1.54, 1.807) is 23.5 Å². The van der Waals surface area contributed by atoms with E-state index in [9.17, 15) is 14.0 Å². The van der Waals surface area contributed by atoms with Gasteiger partial charge in [0.2, 0.25) is 5.91 Å². The standard InChI is InChI=1S/C35H47F2N7O2/c1-4-42(21(2)3)34(45)26-17-23(36)9-10-29(26)44-15-14-43(33-30(44)19-38-20-39-33)24-6-5-12-41(13-11-24)35(46)32-27-18-28(40-32)25(31(27)37)16-22-7-8-22/h9-10,17,19-22,24-25,27-28,31-32,40H,4-8,11-16,18H2,1-3H3/t24-,25+,27?,28?,31+,32-/m0/s1. The number of anilines is 3. The van der Waals surface area contributed by atoms with Gasteiger partial charge in [-0.3, -0.25) is 9.59 Å².